The van der Waals surface area contributed by atoms with Crippen molar-refractivity contribution in [3.05, 3.63) is 24.3 Å². The van der Waals surface area contributed by atoms with Crippen molar-refractivity contribution in [2.24, 2.45) is 0 Å². The Morgan fingerprint density at radius 2 is 0.612 bits per heavy atom. The third-order valence-electron chi connectivity index (χ3n) is 14.0. The summed E-state index contributed by atoms with van der Waals surface area (Å²) in [6, 6.07) is 0. The van der Waals surface area contributed by atoms with Crippen molar-refractivity contribution >= 4 is 11.9 Å². The molecule has 5 nitrogen and oxygen atoms in total. The first-order valence-corrected chi connectivity index (χ1v) is 30.4. The van der Waals surface area contributed by atoms with E-state index < -0.39 is 6.10 Å². The van der Waals surface area contributed by atoms with Gasteiger partial charge >= 0.3 is 11.9 Å². The number of ether oxygens (including phenoxy) is 2. The Hall–Kier alpha value is -1.62. The van der Waals surface area contributed by atoms with Gasteiger partial charge in [0.1, 0.15) is 6.61 Å². The number of esters is 2. The van der Waals surface area contributed by atoms with Crippen LogP contribution in [0.4, 0.5) is 0 Å². The molecule has 0 radical (unpaired) electrons. The monoisotopic (exact) mass is 943 g/mol. The molecule has 396 valence electrons. The van der Waals surface area contributed by atoms with E-state index in [1.165, 1.54) is 263 Å². The second kappa shape index (κ2) is 58.7. The van der Waals surface area contributed by atoms with E-state index in [2.05, 4.69) is 38.2 Å². The van der Waals surface area contributed by atoms with Gasteiger partial charge in [-0.2, -0.15) is 0 Å². The molecule has 0 fully saturated rings. The lowest BCUT2D eigenvalue weighted by atomic mass is 10.0. The summed E-state index contributed by atoms with van der Waals surface area (Å²) < 4.78 is 10.7. The zero-order valence-electron chi connectivity index (χ0n) is 45.4. The molecule has 67 heavy (non-hydrogen) atoms. The molecule has 5 heteroatoms. The molecule has 1 N–H and O–H groups in total. The molecule has 0 saturated carbocycles. The van der Waals surface area contributed by atoms with Crippen LogP contribution in [0.15, 0.2) is 24.3 Å². The van der Waals surface area contributed by atoms with E-state index in [9.17, 15) is 14.7 Å². The smallest absolute Gasteiger partial charge is 0.306 e. The first-order chi connectivity index (χ1) is 33.1. The number of carbonyl (C=O) groups excluding carboxylic acids is 2. The summed E-state index contributed by atoms with van der Waals surface area (Å²) in [5, 5.41) is 9.62. The summed E-state index contributed by atoms with van der Waals surface area (Å²) in [5.41, 5.74) is 0. The molecule has 0 aromatic heterocycles. The molecule has 0 amide bonds. The minimum atomic E-state index is -0.776. The van der Waals surface area contributed by atoms with Crippen molar-refractivity contribution in [3.8, 4) is 0 Å². The van der Waals surface area contributed by atoms with Crippen LogP contribution < -0.4 is 0 Å². The Balaban J connectivity index is 3.33. The Kier molecular flexibility index (Phi) is 57.3. The minimum absolute atomic E-state index is 0.0666. The lowest BCUT2D eigenvalue weighted by Gasteiger charge is -2.15. The van der Waals surface area contributed by atoms with Gasteiger partial charge in [-0.25, -0.2) is 0 Å². The molecular weight excluding hydrogens is 825 g/mol. The molecule has 0 rings (SSSR count). The van der Waals surface area contributed by atoms with Crippen LogP contribution in [0.3, 0.4) is 0 Å². The minimum Gasteiger partial charge on any atom is -0.462 e. The van der Waals surface area contributed by atoms with Gasteiger partial charge in [0.05, 0.1) is 6.61 Å². The normalized spacial score (nSPS) is 12.2. The van der Waals surface area contributed by atoms with E-state index in [4.69, 9.17) is 9.47 Å². The topological polar surface area (TPSA) is 72.8 Å². The van der Waals surface area contributed by atoms with Crippen LogP contribution in [0.25, 0.3) is 0 Å². The summed E-state index contributed by atoms with van der Waals surface area (Å²) in [5.74, 6) is -0.591. The zero-order valence-corrected chi connectivity index (χ0v) is 45.4. The van der Waals surface area contributed by atoms with Crippen LogP contribution in [-0.2, 0) is 19.1 Å². The number of rotatable bonds is 57. The van der Waals surface area contributed by atoms with Gasteiger partial charge in [0.2, 0.25) is 0 Å². The summed E-state index contributed by atoms with van der Waals surface area (Å²) in [6.07, 6.45) is 74.9. The van der Waals surface area contributed by atoms with E-state index in [0.717, 1.165) is 51.4 Å². The highest BCUT2D eigenvalue weighted by molar-refractivity contribution is 5.70. The second-order valence-electron chi connectivity index (χ2n) is 20.8. The van der Waals surface area contributed by atoms with Crippen molar-refractivity contribution in [2.75, 3.05) is 13.2 Å². The molecule has 0 bridgehead atoms. The first kappa shape index (κ1) is 65.4. The molecule has 0 aromatic carbocycles. The molecule has 0 aromatic rings. The Morgan fingerprint density at radius 3 is 0.925 bits per heavy atom. The fourth-order valence-electron chi connectivity index (χ4n) is 9.40. The van der Waals surface area contributed by atoms with Crippen molar-refractivity contribution in [1.29, 1.82) is 0 Å². The summed E-state index contributed by atoms with van der Waals surface area (Å²) in [6.45, 7) is 4.13. The molecule has 0 aliphatic heterocycles. The fourth-order valence-corrected chi connectivity index (χ4v) is 9.40. The van der Waals surface area contributed by atoms with Gasteiger partial charge in [-0.3, -0.25) is 9.59 Å². The Labute approximate surface area is 419 Å². The maximum absolute atomic E-state index is 12.2. The molecule has 1 atom stereocenters. The number of aliphatic hydroxyl groups is 1. The number of allylic oxidation sites excluding steroid dienone is 4. The van der Waals surface area contributed by atoms with Crippen molar-refractivity contribution < 1.29 is 24.2 Å². The van der Waals surface area contributed by atoms with Gasteiger partial charge in [-0.05, 0) is 38.5 Å². The van der Waals surface area contributed by atoms with Gasteiger partial charge in [0, 0.05) is 12.8 Å². The average Bonchev–Trinajstić information content (AvgIpc) is 3.33. The summed E-state index contributed by atoms with van der Waals surface area (Å²) >= 11 is 0. The lowest BCUT2D eigenvalue weighted by molar-refractivity contribution is -0.161. The zero-order chi connectivity index (χ0) is 48.5. The molecule has 0 aliphatic rings. The number of carbonyl (C=O) groups is 2. The molecule has 0 saturated heterocycles. The van der Waals surface area contributed by atoms with Crippen LogP contribution in [0.1, 0.15) is 341 Å². The molecule has 1 unspecified atom stereocenters. The van der Waals surface area contributed by atoms with Gasteiger partial charge in [0.25, 0.3) is 0 Å². The third-order valence-corrected chi connectivity index (χ3v) is 14.0. The van der Waals surface area contributed by atoms with Crippen LogP contribution in [0.2, 0.25) is 0 Å². The van der Waals surface area contributed by atoms with E-state index in [1.54, 1.807) is 0 Å². The largest absolute Gasteiger partial charge is 0.462 e. The number of aliphatic hydroxyl groups excluding tert-OH is 1. The van der Waals surface area contributed by atoms with Gasteiger partial charge in [0.15, 0.2) is 6.10 Å². The van der Waals surface area contributed by atoms with Crippen LogP contribution in [0, 0.1) is 0 Å². The summed E-state index contributed by atoms with van der Waals surface area (Å²) in [7, 11) is 0. The lowest BCUT2D eigenvalue weighted by Crippen LogP contribution is -2.28. The van der Waals surface area contributed by atoms with Crippen molar-refractivity contribution in [3.63, 3.8) is 0 Å². The SMILES string of the molecule is CCCC/C=C\C/C=C\CCCCCCCC(=O)OC(CO)COC(=O)CCCCCCCCCCCCCCCCCCCCCCCCCCCCCCCCCCCCCCCCC. The average molecular weight is 944 g/mol. The van der Waals surface area contributed by atoms with E-state index in [-0.39, 0.29) is 25.2 Å². The Bertz CT molecular complexity index is 1020. The third kappa shape index (κ3) is 56.9. The maximum Gasteiger partial charge on any atom is 0.306 e. The molecule has 0 spiro atoms. The van der Waals surface area contributed by atoms with Crippen molar-refractivity contribution in [2.45, 2.75) is 347 Å². The van der Waals surface area contributed by atoms with Crippen LogP contribution >= 0.6 is 0 Å². The number of hydrogen-bond donors (Lipinski definition) is 1. The van der Waals surface area contributed by atoms with E-state index >= 15 is 0 Å². The Morgan fingerprint density at radius 1 is 0.343 bits per heavy atom. The standard InChI is InChI=1S/C62H118O5/c1-3-5-7-9-11-13-15-17-19-20-21-22-23-24-25-26-27-28-29-30-31-32-33-34-35-36-37-38-39-40-41-42-43-45-46-48-50-52-54-56-61(64)66-59-60(58-63)67-62(65)57-55-53-51-49-47-44-18-16-14-12-10-8-6-4-2/h10,12,16,18,60,63H,3-9,11,13-15,17,19-59H2,1-2H3/b12-10-,18-16-. The second-order valence-corrected chi connectivity index (χ2v) is 20.8. The number of hydrogen-bond acceptors (Lipinski definition) is 5. The maximum atomic E-state index is 12.2. The highest BCUT2D eigenvalue weighted by Crippen LogP contribution is 2.18. The quantitative estimate of drug-likeness (QED) is 0.0374. The first-order valence-electron chi connectivity index (χ1n) is 30.4. The summed E-state index contributed by atoms with van der Waals surface area (Å²) in [4.78, 5) is 24.4. The van der Waals surface area contributed by atoms with E-state index in [0.29, 0.717) is 12.8 Å². The van der Waals surface area contributed by atoms with Crippen molar-refractivity contribution in [1.82, 2.24) is 0 Å². The highest BCUT2D eigenvalue weighted by Gasteiger charge is 2.16. The van der Waals surface area contributed by atoms with Crippen LogP contribution in [0.5, 0.6) is 0 Å². The highest BCUT2D eigenvalue weighted by atomic mass is 16.6. The van der Waals surface area contributed by atoms with Crippen LogP contribution in [-0.4, -0.2) is 36.4 Å². The predicted molar refractivity (Wildman–Crippen MR) is 293 cm³/mol. The predicted octanol–water partition coefficient (Wildman–Crippen LogP) is 20.5. The number of unbranched alkanes of at least 4 members (excludes halogenated alkanes) is 45. The van der Waals surface area contributed by atoms with Gasteiger partial charge in [-0.15, -0.1) is 0 Å². The fraction of sp³-hybridized carbons (Fsp3) is 0.903. The van der Waals surface area contributed by atoms with E-state index in [1.807, 2.05) is 0 Å². The molecule has 0 heterocycles. The van der Waals surface area contributed by atoms with Gasteiger partial charge in [-0.1, -0.05) is 314 Å². The molecule has 0 aliphatic carbocycles. The molecular formula is C62H118O5. The van der Waals surface area contributed by atoms with Gasteiger partial charge < -0.3 is 14.6 Å².